The maximum absolute atomic E-state index is 13.2. The molecule has 4 nitrogen and oxygen atoms in total. The van der Waals surface area contributed by atoms with Crippen molar-refractivity contribution in [1.82, 2.24) is 0 Å². The van der Waals surface area contributed by atoms with Crippen LogP contribution in [0.4, 0.5) is 10.1 Å². The summed E-state index contributed by atoms with van der Waals surface area (Å²) in [4.78, 5) is 12.1. The van der Waals surface area contributed by atoms with Gasteiger partial charge in [-0.1, -0.05) is 18.2 Å². The summed E-state index contributed by atoms with van der Waals surface area (Å²) in [6.45, 7) is 0. The van der Waals surface area contributed by atoms with Gasteiger partial charge in [-0.3, -0.25) is 4.79 Å². The molecule has 132 valence electrons. The molecule has 0 spiro atoms. The van der Waals surface area contributed by atoms with Gasteiger partial charge < -0.3 is 5.32 Å². The van der Waals surface area contributed by atoms with Gasteiger partial charge in [0.15, 0.2) is 9.84 Å². The smallest absolute Gasteiger partial charge is 0.255 e. The maximum atomic E-state index is 13.2. The van der Waals surface area contributed by atoms with Crippen LogP contribution in [0.25, 0.3) is 0 Å². The Morgan fingerprint density at radius 2 is 1.92 bits per heavy atom. The van der Waals surface area contributed by atoms with Crippen molar-refractivity contribution in [1.29, 1.82) is 0 Å². The minimum Gasteiger partial charge on any atom is -0.322 e. The summed E-state index contributed by atoms with van der Waals surface area (Å²) < 4.78 is 36.1. The van der Waals surface area contributed by atoms with Gasteiger partial charge >= 0.3 is 0 Å². The second-order valence-electron chi connectivity index (χ2n) is 6.47. The Bertz CT molecular complexity index is 862. The Morgan fingerprint density at radius 1 is 1.16 bits per heavy atom. The number of hydrogen-bond acceptors (Lipinski definition) is 3. The van der Waals surface area contributed by atoms with Gasteiger partial charge in [0.05, 0.1) is 11.5 Å². The molecule has 1 amide bonds. The first-order chi connectivity index (χ1) is 11.9. The largest absolute Gasteiger partial charge is 0.322 e. The molecule has 0 unspecified atom stereocenters. The molecule has 1 N–H and O–H groups in total. The minimum atomic E-state index is -2.82. The van der Waals surface area contributed by atoms with Crippen molar-refractivity contribution in [3.8, 4) is 0 Å². The van der Waals surface area contributed by atoms with Gasteiger partial charge in [-0.15, -0.1) is 0 Å². The lowest BCUT2D eigenvalue weighted by Crippen LogP contribution is -2.12. The molecule has 0 bridgehead atoms. The average Bonchev–Trinajstić information content (AvgIpc) is 2.93. The van der Waals surface area contributed by atoms with E-state index in [2.05, 4.69) is 5.32 Å². The van der Waals surface area contributed by atoms with Crippen molar-refractivity contribution in [2.75, 3.05) is 16.8 Å². The van der Waals surface area contributed by atoms with Crippen LogP contribution >= 0.6 is 0 Å². The normalized spacial score (nSPS) is 18.8. The molecule has 6 heteroatoms. The highest BCUT2D eigenvalue weighted by Gasteiger charge is 2.27. The lowest BCUT2D eigenvalue weighted by atomic mass is 9.99. The van der Waals surface area contributed by atoms with Gasteiger partial charge in [0.2, 0.25) is 0 Å². The predicted molar refractivity (Wildman–Crippen MR) is 95.9 cm³/mol. The molecule has 2 aromatic carbocycles. The van der Waals surface area contributed by atoms with Crippen molar-refractivity contribution in [2.45, 2.75) is 19.3 Å². The van der Waals surface area contributed by atoms with Crippen LogP contribution in [0.3, 0.4) is 0 Å². The molecule has 1 aliphatic rings. The quantitative estimate of drug-likeness (QED) is 0.887. The van der Waals surface area contributed by atoms with Gasteiger partial charge in [0.1, 0.15) is 5.82 Å². The maximum Gasteiger partial charge on any atom is 0.255 e. The van der Waals surface area contributed by atoms with Crippen LogP contribution < -0.4 is 5.32 Å². The van der Waals surface area contributed by atoms with Crippen molar-refractivity contribution in [3.05, 3.63) is 65.5 Å². The number of anilines is 1. The summed E-state index contributed by atoms with van der Waals surface area (Å²) in [7, 11) is -2.82. The van der Waals surface area contributed by atoms with E-state index in [1.54, 1.807) is 18.2 Å². The first-order valence-corrected chi connectivity index (χ1v) is 10.1. The lowest BCUT2D eigenvalue weighted by Gasteiger charge is -2.09. The Balaban J connectivity index is 1.54. The van der Waals surface area contributed by atoms with Crippen LogP contribution in [0.2, 0.25) is 0 Å². The summed E-state index contributed by atoms with van der Waals surface area (Å²) in [5, 5.41) is 2.74. The molecule has 1 atom stereocenters. The number of halogens is 1. The number of carbonyl (C=O) groups excluding carboxylic acids is 1. The van der Waals surface area contributed by atoms with E-state index in [0.29, 0.717) is 17.2 Å². The first-order valence-electron chi connectivity index (χ1n) is 8.27. The van der Waals surface area contributed by atoms with Gasteiger partial charge in [-0.2, -0.15) is 0 Å². The monoisotopic (exact) mass is 361 g/mol. The van der Waals surface area contributed by atoms with E-state index in [9.17, 15) is 17.6 Å². The zero-order chi connectivity index (χ0) is 17.9. The summed E-state index contributed by atoms with van der Waals surface area (Å²) in [5.74, 6) is 0.0509. The number of sulfone groups is 1. The number of aryl methyl sites for hydroxylation is 1. The fraction of sp³-hybridized carbons (Fsp3) is 0.316. The molecule has 0 aromatic heterocycles. The van der Waals surface area contributed by atoms with E-state index in [0.717, 1.165) is 24.8 Å². The van der Waals surface area contributed by atoms with Gasteiger partial charge in [0.25, 0.3) is 5.91 Å². The number of hydrogen-bond donors (Lipinski definition) is 1. The fourth-order valence-electron chi connectivity index (χ4n) is 3.06. The highest BCUT2D eigenvalue weighted by molar-refractivity contribution is 7.91. The summed E-state index contributed by atoms with van der Waals surface area (Å²) in [5.41, 5.74) is 2.01. The van der Waals surface area contributed by atoms with Crippen LogP contribution in [0.5, 0.6) is 0 Å². The summed E-state index contributed by atoms with van der Waals surface area (Å²) in [6, 6.07) is 13.0. The molecule has 1 saturated heterocycles. The molecule has 1 fully saturated rings. The number of amides is 1. The molecule has 0 saturated carbocycles. The third kappa shape index (κ3) is 4.89. The lowest BCUT2D eigenvalue weighted by molar-refractivity contribution is 0.102. The zero-order valence-corrected chi connectivity index (χ0v) is 14.6. The van der Waals surface area contributed by atoms with E-state index in [4.69, 9.17) is 0 Å². The SMILES string of the molecule is O=C(Nc1ccc(CC[C@@H]2CCS(=O)(=O)C2)cc1)c1cccc(F)c1. The van der Waals surface area contributed by atoms with Gasteiger partial charge in [-0.05, 0) is 61.1 Å². The van der Waals surface area contributed by atoms with Crippen molar-refractivity contribution in [3.63, 3.8) is 0 Å². The van der Waals surface area contributed by atoms with Crippen LogP contribution in [-0.4, -0.2) is 25.8 Å². The number of benzene rings is 2. The fourth-order valence-corrected chi connectivity index (χ4v) is 4.97. The first kappa shape index (κ1) is 17.6. The van der Waals surface area contributed by atoms with E-state index < -0.39 is 15.7 Å². The highest BCUT2D eigenvalue weighted by atomic mass is 32.2. The van der Waals surface area contributed by atoms with Crippen LogP contribution in [0.1, 0.15) is 28.8 Å². The Labute approximate surface area is 147 Å². The van der Waals surface area contributed by atoms with Crippen molar-refractivity contribution >= 4 is 21.4 Å². The molecule has 1 heterocycles. The summed E-state index contributed by atoms with van der Waals surface area (Å²) >= 11 is 0. The number of rotatable bonds is 5. The third-order valence-electron chi connectivity index (χ3n) is 4.47. The molecule has 25 heavy (non-hydrogen) atoms. The zero-order valence-electron chi connectivity index (χ0n) is 13.7. The van der Waals surface area contributed by atoms with E-state index in [1.165, 1.54) is 18.2 Å². The second-order valence-corrected chi connectivity index (χ2v) is 8.70. The molecule has 0 radical (unpaired) electrons. The molecule has 0 aliphatic carbocycles. The van der Waals surface area contributed by atoms with Gasteiger partial charge in [0, 0.05) is 11.3 Å². The van der Waals surface area contributed by atoms with Crippen LogP contribution in [0, 0.1) is 11.7 Å². The number of carbonyl (C=O) groups is 1. The molecule has 2 aromatic rings. The van der Waals surface area contributed by atoms with Crippen molar-refractivity contribution < 1.29 is 17.6 Å². The highest BCUT2D eigenvalue weighted by Crippen LogP contribution is 2.23. The average molecular weight is 361 g/mol. The van der Waals surface area contributed by atoms with E-state index in [1.807, 2.05) is 12.1 Å². The molecular weight excluding hydrogens is 341 g/mol. The molecule has 1 aliphatic heterocycles. The predicted octanol–water partition coefficient (Wildman–Crippen LogP) is 3.45. The standard InChI is InChI=1S/C19H20FNO3S/c20-17-3-1-2-16(12-17)19(22)21-18-8-6-14(7-9-18)4-5-15-10-11-25(23,24)13-15/h1-3,6-9,12,15H,4-5,10-11,13H2,(H,21,22)/t15-/m1/s1. The van der Waals surface area contributed by atoms with Crippen molar-refractivity contribution in [2.24, 2.45) is 5.92 Å². The number of nitrogens with one attached hydrogen (secondary N) is 1. The van der Waals surface area contributed by atoms with Crippen LogP contribution in [-0.2, 0) is 16.3 Å². The second kappa shape index (κ2) is 7.35. The Kier molecular flexibility index (Phi) is 5.18. The molecule has 3 rings (SSSR count). The third-order valence-corrected chi connectivity index (χ3v) is 6.30. The van der Waals surface area contributed by atoms with E-state index in [-0.39, 0.29) is 17.4 Å². The van der Waals surface area contributed by atoms with Gasteiger partial charge in [-0.25, -0.2) is 12.8 Å². The summed E-state index contributed by atoms with van der Waals surface area (Å²) in [6.07, 6.45) is 2.43. The minimum absolute atomic E-state index is 0.248. The topological polar surface area (TPSA) is 63.2 Å². The van der Waals surface area contributed by atoms with Crippen LogP contribution in [0.15, 0.2) is 48.5 Å². The van der Waals surface area contributed by atoms with E-state index >= 15 is 0 Å². The Hall–Kier alpha value is -2.21. The molecular formula is C19H20FNO3S. The Morgan fingerprint density at radius 3 is 2.56 bits per heavy atom.